The molecule has 0 amide bonds. The molecule has 0 spiro atoms. The van der Waals surface area contributed by atoms with E-state index in [0.29, 0.717) is 52.6 Å². The number of allylic oxidation sites excluding steroid dienone is 3. The molecule has 6 rings (SSSR count). The SMILES string of the molecule is C=C(C)[C@@H]1CC[C@]2(CO)CC[C@]3(C)C(CC[C@@H]4[C@@]5(C)CC=C(c6ccc(C(=O)OC(C)(C)C)cc6)C(C)(C)[C@@H]5CC[C@]43C)[C@@H]12. The van der Waals surface area contributed by atoms with Gasteiger partial charge < -0.3 is 9.84 Å². The number of ether oxygens (including phenoxy) is 1. The lowest BCUT2D eigenvalue weighted by atomic mass is 9.32. The van der Waals surface area contributed by atoms with E-state index in [1.165, 1.54) is 68.1 Å². The van der Waals surface area contributed by atoms with E-state index in [4.69, 9.17) is 4.74 Å². The Bertz CT molecular complexity index is 1340. The number of carbonyl (C=O) groups is 1. The lowest BCUT2D eigenvalue weighted by molar-refractivity contribution is -0.228. The Morgan fingerprint density at radius 3 is 2.20 bits per heavy atom. The van der Waals surface area contributed by atoms with Gasteiger partial charge in [-0.15, -0.1) is 0 Å². The Kier molecular flexibility index (Phi) is 7.52. The lowest BCUT2D eigenvalue weighted by Gasteiger charge is -2.72. The van der Waals surface area contributed by atoms with Crippen molar-refractivity contribution in [3.63, 3.8) is 0 Å². The molecule has 5 aliphatic rings. The van der Waals surface area contributed by atoms with Gasteiger partial charge in [0, 0.05) is 6.61 Å². The molecule has 5 aliphatic carbocycles. The number of carbonyl (C=O) groups excluding carboxylic acids is 1. The van der Waals surface area contributed by atoms with E-state index in [9.17, 15) is 9.90 Å². The lowest BCUT2D eigenvalue weighted by Crippen LogP contribution is -2.65. The fraction of sp³-hybridized carbons (Fsp3) is 0.732. The van der Waals surface area contributed by atoms with Crippen molar-refractivity contribution in [2.24, 2.45) is 56.7 Å². The van der Waals surface area contributed by atoms with Crippen LogP contribution in [0.5, 0.6) is 0 Å². The summed E-state index contributed by atoms with van der Waals surface area (Å²) in [5, 5.41) is 10.8. The molecule has 0 bridgehead atoms. The molecule has 0 aliphatic heterocycles. The van der Waals surface area contributed by atoms with Crippen LogP contribution < -0.4 is 0 Å². The summed E-state index contributed by atoms with van der Waals surface area (Å²) in [6, 6.07) is 8.18. The van der Waals surface area contributed by atoms with Crippen molar-refractivity contribution in [1.82, 2.24) is 0 Å². The molecular weight excluding hydrogens is 540 g/mol. The minimum Gasteiger partial charge on any atom is -0.456 e. The molecule has 3 heteroatoms. The Labute approximate surface area is 268 Å². The summed E-state index contributed by atoms with van der Waals surface area (Å²) >= 11 is 0. The second-order valence-electron chi connectivity index (χ2n) is 18.3. The van der Waals surface area contributed by atoms with E-state index in [2.05, 4.69) is 66.3 Å². The molecule has 1 aromatic carbocycles. The monoisotopic (exact) mass is 600 g/mol. The summed E-state index contributed by atoms with van der Waals surface area (Å²) in [6.45, 7) is 25.8. The Balaban J connectivity index is 1.31. The molecule has 0 aromatic heterocycles. The fourth-order valence-electron chi connectivity index (χ4n) is 12.8. The summed E-state index contributed by atoms with van der Waals surface area (Å²) in [5.74, 6) is 2.90. The zero-order valence-corrected chi connectivity index (χ0v) is 29.3. The summed E-state index contributed by atoms with van der Waals surface area (Å²) in [5.41, 5.74) is 5.20. The van der Waals surface area contributed by atoms with E-state index in [0.717, 1.165) is 6.42 Å². The molecule has 1 aromatic rings. The Hall–Kier alpha value is -1.87. The smallest absolute Gasteiger partial charge is 0.338 e. The van der Waals surface area contributed by atoms with Gasteiger partial charge in [0.15, 0.2) is 0 Å². The van der Waals surface area contributed by atoms with Gasteiger partial charge in [-0.2, -0.15) is 0 Å². The maximum absolute atomic E-state index is 12.7. The third-order valence-electron chi connectivity index (χ3n) is 15.0. The van der Waals surface area contributed by atoms with E-state index >= 15 is 0 Å². The normalized spacial score (nSPS) is 42.7. The third-order valence-corrected chi connectivity index (χ3v) is 15.0. The highest BCUT2D eigenvalue weighted by Crippen LogP contribution is 2.77. The number of aliphatic hydroxyl groups is 1. The molecule has 4 fully saturated rings. The number of benzene rings is 1. The topological polar surface area (TPSA) is 46.5 Å². The molecule has 4 saturated carbocycles. The maximum Gasteiger partial charge on any atom is 0.338 e. The Morgan fingerprint density at radius 1 is 0.909 bits per heavy atom. The van der Waals surface area contributed by atoms with Crippen molar-refractivity contribution in [2.45, 2.75) is 126 Å². The first-order chi connectivity index (χ1) is 20.4. The van der Waals surface area contributed by atoms with E-state index in [1.807, 2.05) is 32.9 Å². The van der Waals surface area contributed by atoms with Gasteiger partial charge in [0.25, 0.3) is 0 Å². The van der Waals surface area contributed by atoms with Crippen LogP contribution in [0.15, 0.2) is 42.5 Å². The van der Waals surface area contributed by atoms with Crippen LogP contribution >= 0.6 is 0 Å². The van der Waals surface area contributed by atoms with Gasteiger partial charge in [-0.3, -0.25) is 0 Å². The minimum absolute atomic E-state index is 0.0502. The number of fused-ring (bicyclic) bond motifs is 7. The molecule has 9 atom stereocenters. The third kappa shape index (κ3) is 4.48. The van der Waals surface area contributed by atoms with Crippen LogP contribution in [0.3, 0.4) is 0 Å². The van der Waals surface area contributed by atoms with Crippen LogP contribution in [0.2, 0.25) is 0 Å². The number of aliphatic hydroxyl groups excluding tert-OH is 1. The summed E-state index contributed by atoms with van der Waals surface area (Å²) in [4.78, 5) is 12.7. The van der Waals surface area contributed by atoms with Crippen LogP contribution in [-0.2, 0) is 4.74 Å². The van der Waals surface area contributed by atoms with Crippen molar-refractivity contribution in [3.8, 4) is 0 Å². The average molecular weight is 601 g/mol. The van der Waals surface area contributed by atoms with Gasteiger partial charge in [-0.25, -0.2) is 4.79 Å². The van der Waals surface area contributed by atoms with E-state index in [1.54, 1.807) is 0 Å². The molecule has 44 heavy (non-hydrogen) atoms. The first-order valence-corrected chi connectivity index (χ1v) is 17.7. The molecule has 0 heterocycles. The highest BCUT2D eigenvalue weighted by Gasteiger charge is 2.70. The minimum atomic E-state index is -0.497. The molecule has 0 radical (unpaired) electrons. The number of esters is 1. The average Bonchev–Trinajstić information content (AvgIpc) is 3.33. The molecule has 242 valence electrons. The van der Waals surface area contributed by atoms with Crippen molar-refractivity contribution < 1.29 is 14.6 Å². The quantitative estimate of drug-likeness (QED) is 0.276. The molecule has 0 saturated heterocycles. The van der Waals surface area contributed by atoms with Crippen molar-refractivity contribution in [3.05, 3.63) is 53.6 Å². The summed E-state index contributed by atoms with van der Waals surface area (Å²) in [6.07, 6.45) is 13.7. The summed E-state index contributed by atoms with van der Waals surface area (Å²) in [7, 11) is 0. The largest absolute Gasteiger partial charge is 0.456 e. The van der Waals surface area contributed by atoms with Crippen LogP contribution in [-0.4, -0.2) is 23.3 Å². The van der Waals surface area contributed by atoms with Crippen LogP contribution in [0.4, 0.5) is 0 Å². The second kappa shape index (κ2) is 10.3. The van der Waals surface area contributed by atoms with Gasteiger partial charge >= 0.3 is 5.97 Å². The maximum atomic E-state index is 12.7. The summed E-state index contributed by atoms with van der Waals surface area (Å²) < 4.78 is 5.62. The predicted molar refractivity (Wildman–Crippen MR) is 181 cm³/mol. The second-order valence-corrected chi connectivity index (χ2v) is 18.3. The first-order valence-electron chi connectivity index (χ1n) is 17.7. The van der Waals surface area contributed by atoms with Gasteiger partial charge in [-0.1, -0.05) is 65.0 Å². The molecule has 1 N–H and O–H groups in total. The standard InChI is InChI=1S/C41H60O3/c1-26(2)29-17-22-41(25-42)24-23-39(9)31(34(29)41)15-16-33-38(8)20-18-30(37(6,7)32(38)19-21-40(33,39)10)27-11-13-28(14-12-27)35(43)44-36(3,4)5/h11-14,18,29,31-34,42H,1,15-17,19-25H2,2-10H3/t29-,31?,32-,33+,34+,38-,39+,40+,41+/m0/s1. The first kappa shape index (κ1) is 32.1. The van der Waals surface area contributed by atoms with Crippen LogP contribution in [0, 0.1) is 56.7 Å². The zero-order valence-electron chi connectivity index (χ0n) is 29.3. The molecular formula is C41H60O3. The van der Waals surface area contributed by atoms with Crippen LogP contribution in [0.25, 0.3) is 5.57 Å². The van der Waals surface area contributed by atoms with Crippen molar-refractivity contribution in [2.75, 3.05) is 6.61 Å². The number of hydrogen-bond acceptors (Lipinski definition) is 3. The Morgan fingerprint density at radius 2 is 1.59 bits per heavy atom. The zero-order chi connectivity index (χ0) is 32.1. The predicted octanol–water partition coefficient (Wildman–Crippen LogP) is 10.3. The molecule has 3 nitrogen and oxygen atoms in total. The van der Waals surface area contributed by atoms with Gasteiger partial charge in [0.2, 0.25) is 0 Å². The van der Waals surface area contributed by atoms with Gasteiger partial charge in [-0.05, 0) is 165 Å². The number of hydrogen-bond donors (Lipinski definition) is 1. The number of rotatable bonds is 4. The van der Waals surface area contributed by atoms with Gasteiger partial charge in [0.1, 0.15) is 5.60 Å². The van der Waals surface area contributed by atoms with Gasteiger partial charge in [0.05, 0.1) is 5.56 Å². The fourth-order valence-corrected chi connectivity index (χ4v) is 12.8. The van der Waals surface area contributed by atoms with E-state index in [-0.39, 0.29) is 22.2 Å². The van der Waals surface area contributed by atoms with Crippen molar-refractivity contribution in [1.29, 1.82) is 0 Å². The highest BCUT2D eigenvalue weighted by atomic mass is 16.6. The van der Waals surface area contributed by atoms with Crippen LogP contribution in [0.1, 0.15) is 136 Å². The van der Waals surface area contributed by atoms with Crippen molar-refractivity contribution >= 4 is 11.5 Å². The molecule has 1 unspecified atom stereocenters. The van der Waals surface area contributed by atoms with E-state index < -0.39 is 5.60 Å². The highest BCUT2D eigenvalue weighted by molar-refractivity contribution is 5.90.